The van der Waals surface area contributed by atoms with Crippen LogP contribution in [-0.4, -0.2) is 28.2 Å². The van der Waals surface area contributed by atoms with Crippen molar-refractivity contribution in [3.8, 4) is 0 Å². The van der Waals surface area contributed by atoms with Crippen molar-refractivity contribution in [2.75, 3.05) is 24.2 Å². The molecule has 0 spiro atoms. The van der Waals surface area contributed by atoms with Crippen LogP contribution in [-0.2, 0) is 0 Å². The number of aliphatic hydroxyl groups is 1. The molecule has 0 fully saturated rings. The minimum Gasteiger partial charge on any atom is -0.397 e. The van der Waals surface area contributed by atoms with Gasteiger partial charge in [0.05, 0.1) is 22.4 Å². The van der Waals surface area contributed by atoms with E-state index in [1.807, 2.05) is 0 Å². The van der Waals surface area contributed by atoms with Gasteiger partial charge in [-0.1, -0.05) is 0 Å². The summed E-state index contributed by atoms with van der Waals surface area (Å²) in [7, 11) is 0. The number of hydrogen-bond acceptors (Lipinski definition) is 5. The van der Waals surface area contributed by atoms with Crippen LogP contribution in [0.5, 0.6) is 0 Å². The van der Waals surface area contributed by atoms with Crippen LogP contribution in [0.25, 0.3) is 11.0 Å². The number of benzene rings is 1. The molecule has 0 amide bonds. The number of aryl methyl sites for hydroxylation is 1. The fourth-order valence-corrected chi connectivity index (χ4v) is 1.70. The first-order valence-corrected chi connectivity index (χ1v) is 5.76. The Morgan fingerprint density at radius 1 is 1.50 bits per heavy atom. The number of anilines is 2. The maximum atomic E-state index is 11.4. The molecule has 96 valence electrons. The number of nitrogen functional groups attached to an aromatic ring is 1. The monoisotopic (exact) mass is 248 g/mol. The molecule has 2 aromatic rings. The minimum absolute atomic E-state index is 0.130. The lowest BCUT2D eigenvalue weighted by atomic mass is 10.2. The van der Waals surface area contributed by atoms with Crippen molar-refractivity contribution in [2.45, 2.75) is 13.3 Å². The van der Waals surface area contributed by atoms with Gasteiger partial charge in [-0.15, -0.1) is 0 Å². The summed E-state index contributed by atoms with van der Waals surface area (Å²) >= 11 is 0. The molecular weight excluding hydrogens is 232 g/mol. The third kappa shape index (κ3) is 2.43. The highest BCUT2D eigenvalue weighted by atomic mass is 16.3. The SMILES string of the molecule is Cc1nc2cc(NCCCO)c(N)cc2[nH]c1=O. The number of aromatic amines is 1. The van der Waals surface area contributed by atoms with Gasteiger partial charge in [-0.3, -0.25) is 4.79 Å². The average molecular weight is 248 g/mol. The summed E-state index contributed by atoms with van der Waals surface area (Å²) < 4.78 is 0. The molecule has 5 N–H and O–H groups in total. The molecular formula is C12H16N4O2. The number of aliphatic hydroxyl groups excluding tert-OH is 1. The van der Waals surface area contributed by atoms with E-state index in [1.165, 1.54) is 0 Å². The zero-order valence-corrected chi connectivity index (χ0v) is 10.2. The highest BCUT2D eigenvalue weighted by molar-refractivity contribution is 5.86. The molecule has 1 aromatic carbocycles. The van der Waals surface area contributed by atoms with Gasteiger partial charge < -0.3 is 21.1 Å². The van der Waals surface area contributed by atoms with Gasteiger partial charge in [0.1, 0.15) is 5.69 Å². The number of aromatic nitrogens is 2. The van der Waals surface area contributed by atoms with Gasteiger partial charge in [0.25, 0.3) is 5.56 Å². The van der Waals surface area contributed by atoms with E-state index >= 15 is 0 Å². The molecule has 0 unspecified atom stereocenters. The Hall–Kier alpha value is -2.08. The Morgan fingerprint density at radius 2 is 2.28 bits per heavy atom. The van der Waals surface area contributed by atoms with Crippen molar-refractivity contribution >= 4 is 22.4 Å². The minimum atomic E-state index is -0.206. The van der Waals surface area contributed by atoms with Gasteiger partial charge in [-0.05, 0) is 25.5 Å². The number of rotatable bonds is 4. The Bertz CT molecular complexity index is 621. The summed E-state index contributed by atoms with van der Waals surface area (Å²) in [5.41, 5.74) is 8.71. The molecule has 0 aliphatic carbocycles. The smallest absolute Gasteiger partial charge is 0.269 e. The molecule has 6 heteroatoms. The Balaban J connectivity index is 2.41. The third-order valence-electron chi connectivity index (χ3n) is 2.68. The van der Waals surface area contributed by atoms with Crippen LogP contribution in [0.15, 0.2) is 16.9 Å². The van der Waals surface area contributed by atoms with Crippen LogP contribution >= 0.6 is 0 Å². The average Bonchev–Trinajstić information content (AvgIpc) is 2.33. The summed E-state index contributed by atoms with van der Waals surface area (Å²) in [6, 6.07) is 3.48. The number of nitrogens with zero attached hydrogens (tertiary/aromatic N) is 1. The maximum Gasteiger partial charge on any atom is 0.269 e. The second-order valence-corrected chi connectivity index (χ2v) is 4.11. The summed E-state index contributed by atoms with van der Waals surface area (Å²) in [5.74, 6) is 0. The predicted molar refractivity (Wildman–Crippen MR) is 71.7 cm³/mol. The van der Waals surface area contributed by atoms with Crippen LogP contribution in [0, 0.1) is 6.92 Å². The fourth-order valence-electron chi connectivity index (χ4n) is 1.70. The molecule has 0 aliphatic rings. The van der Waals surface area contributed by atoms with E-state index in [-0.39, 0.29) is 12.2 Å². The van der Waals surface area contributed by atoms with E-state index in [1.54, 1.807) is 19.1 Å². The molecule has 1 heterocycles. The van der Waals surface area contributed by atoms with E-state index < -0.39 is 0 Å². The molecule has 0 aliphatic heterocycles. The van der Waals surface area contributed by atoms with Gasteiger partial charge in [0.2, 0.25) is 0 Å². The first kappa shape index (κ1) is 12.4. The standard InChI is InChI=1S/C12H16N4O2/c1-7-12(18)16-10-5-8(13)9(6-11(10)15-7)14-3-2-4-17/h5-6,14,17H,2-4,13H2,1H3,(H,16,18). The molecule has 6 nitrogen and oxygen atoms in total. The fraction of sp³-hybridized carbons (Fsp3) is 0.333. The lowest BCUT2D eigenvalue weighted by Crippen LogP contribution is -2.12. The van der Waals surface area contributed by atoms with Crippen molar-refractivity contribution in [1.29, 1.82) is 0 Å². The molecule has 1 aromatic heterocycles. The summed E-state index contributed by atoms with van der Waals surface area (Å²) in [4.78, 5) is 18.4. The number of hydrogen-bond donors (Lipinski definition) is 4. The first-order valence-electron chi connectivity index (χ1n) is 5.76. The quantitative estimate of drug-likeness (QED) is 0.469. The van der Waals surface area contributed by atoms with Crippen molar-refractivity contribution < 1.29 is 5.11 Å². The van der Waals surface area contributed by atoms with Crippen LogP contribution < -0.4 is 16.6 Å². The lowest BCUT2D eigenvalue weighted by Gasteiger charge is -2.10. The van der Waals surface area contributed by atoms with Gasteiger partial charge >= 0.3 is 0 Å². The summed E-state index contributed by atoms with van der Waals surface area (Å²) in [5, 5.41) is 11.9. The summed E-state index contributed by atoms with van der Waals surface area (Å²) in [6.07, 6.45) is 0.648. The van der Waals surface area contributed by atoms with Gasteiger partial charge in [-0.25, -0.2) is 4.98 Å². The largest absolute Gasteiger partial charge is 0.397 e. The zero-order valence-electron chi connectivity index (χ0n) is 10.2. The second-order valence-electron chi connectivity index (χ2n) is 4.11. The van der Waals surface area contributed by atoms with Crippen LogP contribution in [0.4, 0.5) is 11.4 Å². The van der Waals surface area contributed by atoms with Crippen molar-refractivity contribution in [1.82, 2.24) is 9.97 Å². The molecule has 0 radical (unpaired) electrons. The van der Waals surface area contributed by atoms with E-state index in [2.05, 4.69) is 15.3 Å². The van der Waals surface area contributed by atoms with Gasteiger partial charge in [-0.2, -0.15) is 0 Å². The topological polar surface area (TPSA) is 104 Å². The predicted octanol–water partition coefficient (Wildman–Crippen LogP) is 0.608. The number of nitrogens with one attached hydrogen (secondary N) is 2. The Morgan fingerprint density at radius 3 is 3.00 bits per heavy atom. The molecule has 18 heavy (non-hydrogen) atoms. The number of nitrogens with two attached hydrogens (primary N) is 1. The van der Waals surface area contributed by atoms with Crippen molar-refractivity contribution in [3.05, 3.63) is 28.2 Å². The molecule has 0 saturated heterocycles. The van der Waals surface area contributed by atoms with Crippen LogP contribution in [0.3, 0.4) is 0 Å². The molecule has 0 bridgehead atoms. The van der Waals surface area contributed by atoms with E-state index in [4.69, 9.17) is 10.8 Å². The molecule has 0 atom stereocenters. The van der Waals surface area contributed by atoms with Crippen LogP contribution in [0.2, 0.25) is 0 Å². The van der Waals surface area contributed by atoms with Crippen molar-refractivity contribution in [3.63, 3.8) is 0 Å². The highest BCUT2D eigenvalue weighted by Crippen LogP contribution is 2.23. The van der Waals surface area contributed by atoms with Gasteiger partial charge in [0, 0.05) is 13.2 Å². The summed E-state index contributed by atoms with van der Waals surface area (Å²) in [6.45, 7) is 2.42. The maximum absolute atomic E-state index is 11.4. The van der Waals surface area contributed by atoms with E-state index in [9.17, 15) is 4.79 Å². The number of fused-ring (bicyclic) bond motifs is 1. The normalized spacial score (nSPS) is 10.8. The second kappa shape index (κ2) is 5.05. The number of H-pyrrole nitrogens is 1. The van der Waals surface area contributed by atoms with Crippen LogP contribution in [0.1, 0.15) is 12.1 Å². The lowest BCUT2D eigenvalue weighted by molar-refractivity contribution is 0.292. The molecule has 0 saturated carbocycles. The van der Waals surface area contributed by atoms with E-state index in [0.29, 0.717) is 35.4 Å². The first-order chi connectivity index (χ1) is 8.61. The Labute approximate surface area is 104 Å². The van der Waals surface area contributed by atoms with Crippen molar-refractivity contribution in [2.24, 2.45) is 0 Å². The van der Waals surface area contributed by atoms with Gasteiger partial charge in [0.15, 0.2) is 0 Å². The third-order valence-corrected chi connectivity index (χ3v) is 2.68. The Kier molecular flexibility index (Phi) is 3.47. The molecule has 2 rings (SSSR count). The highest BCUT2D eigenvalue weighted by Gasteiger charge is 2.05. The van der Waals surface area contributed by atoms with E-state index in [0.717, 1.165) is 5.69 Å². The zero-order chi connectivity index (χ0) is 13.1.